The van der Waals surface area contributed by atoms with Crippen molar-refractivity contribution in [2.24, 2.45) is 4.99 Å². The molecule has 8 nitrogen and oxygen atoms in total. The highest BCUT2D eigenvalue weighted by molar-refractivity contribution is 6.10. The summed E-state index contributed by atoms with van der Waals surface area (Å²) in [7, 11) is 4.65. The fourth-order valence-corrected chi connectivity index (χ4v) is 2.73. The van der Waals surface area contributed by atoms with Crippen LogP contribution in [0.5, 0.6) is 17.2 Å². The lowest BCUT2D eigenvalue weighted by molar-refractivity contribution is 0.0976. The number of pyridine rings is 1. The van der Waals surface area contributed by atoms with E-state index in [1.54, 1.807) is 43.8 Å². The molecule has 0 aliphatic heterocycles. The second-order valence-corrected chi connectivity index (χ2v) is 6.44. The van der Waals surface area contributed by atoms with Gasteiger partial charge in [0, 0.05) is 35.8 Å². The lowest BCUT2D eigenvalue weighted by Gasteiger charge is -2.14. The van der Waals surface area contributed by atoms with Gasteiger partial charge in [0.1, 0.15) is 17.2 Å². The largest absolute Gasteiger partial charge is 0.497 e. The summed E-state index contributed by atoms with van der Waals surface area (Å²) in [5.74, 6) is 1.63. The molecule has 8 heteroatoms. The van der Waals surface area contributed by atoms with Crippen molar-refractivity contribution in [3.8, 4) is 17.2 Å². The second kappa shape index (κ2) is 10.6. The first-order valence-electron chi connectivity index (χ1n) is 9.50. The Morgan fingerprint density at radius 1 is 0.935 bits per heavy atom. The number of rotatable bonds is 7. The molecule has 0 saturated heterocycles. The van der Waals surface area contributed by atoms with Gasteiger partial charge in [0.05, 0.1) is 27.9 Å². The van der Waals surface area contributed by atoms with Crippen LogP contribution in [0, 0.1) is 0 Å². The van der Waals surface area contributed by atoms with E-state index in [1.165, 1.54) is 14.2 Å². The van der Waals surface area contributed by atoms with Crippen LogP contribution < -0.4 is 24.8 Å². The molecule has 2 aromatic carbocycles. The summed E-state index contributed by atoms with van der Waals surface area (Å²) in [6.45, 7) is 0.335. The van der Waals surface area contributed by atoms with E-state index >= 15 is 0 Å². The van der Waals surface area contributed by atoms with E-state index in [4.69, 9.17) is 14.2 Å². The fraction of sp³-hybridized carbons (Fsp3) is 0.174. The zero-order chi connectivity index (χ0) is 22.1. The molecule has 2 N–H and O–H groups in total. The fourth-order valence-electron chi connectivity index (χ4n) is 2.73. The normalized spacial score (nSPS) is 10.9. The van der Waals surface area contributed by atoms with Gasteiger partial charge in [-0.05, 0) is 35.9 Å². The number of carbonyl (C=O) groups excluding carboxylic acids is 1. The minimum atomic E-state index is -0.363. The molecule has 0 unspecified atom stereocenters. The van der Waals surface area contributed by atoms with E-state index in [1.807, 2.05) is 30.3 Å². The third-order valence-electron chi connectivity index (χ3n) is 4.32. The van der Waals surface area contributed by atoms with Crippen LogP contribution in [-0.4, -0.2) is 38.2 Å². The summed E-state index contributed by atoms with van der Waals surface area (Å²) in [4.78, 5) is 21.6. The van der Waals surface area contributed by atoms with Crippen molar-refractivity contribution in [1.29, 1.82) is 0 Å². The third-order valence-corrected chi connectivity index (χ3v) is 4.32. The van der Waals surface area contributed by atoms with Crippen LogP contribution in [0.1, 0.15) is 15.9 Å². The predicted molar refractivity (Wildman–Crippen MR) is 119 cm³/mol. The summed E-state index contributed by atoms with van der Waals surface area (Å²) in [5, 5.41) is 5.96. The van der Waals surface area contributed by atoms with Gasteiger partial charge in [-0.1, -0.05) is 12.1 Å². The molecular formula is C23H24N4O4. The smallest absolute Gasteiger partial charge is 0.258 e. The Hall–Kier alpha value is -4.07. The molecule has 160 valence electrons. The maximum absolute atomic E-state index is 12.9. The molecule has 0 aliphatic carbocycles. The zero-order valence-corrected chi connectivity index (χ0v) is 17.6. The first-order valence-corrected chi connectivity index (χ1v) is 9.50. The highest BCUT2D eigenvalue weighted by atomic mass is 16.5. The average molecular weight is 420 g/mol. The number of nitrogens with one attached hydrogen (secondary N) is 2. The first-order chi connectivity index (χ1) is 15.1. The van der Waals surface area contributed by atoms with Crippen molar-refractivity contribution in [1.82, 2.24) is 10.3 Å². The molecule has 0 atom stereocenters. The summed E-state index contributed by atoms with van der Waals surface area (Å²) in [5.41, 5.74) is 2.00. The summed E-state index contributed by atoms with van der Waals surface area (Å²) in [6, 6.07) is 16.0. The number of amides is 1. The number of aromatic nitrogens is 1. The van der Waals surface area contributed by atoms with Gasteiger partial charge in [0.15, 0.2) is 0 Å². The van der Waals surface area contributed by atoms with Crippen molar-refractivity contribution >= 4 is 17.6 Å². The van der Waals surface area contributed by atoms with E-state index < -0.39 is 0 Å². The number of nitrogens with zero attached hydrogens (tertiary/aromatic N) is 2. The Kier molecular flexibility index (Phi) is 7.42. The van der Waals surface area contributed by atoms with E-state index in [-0.39, 0.29) is 11.9 Å². The van der Waals surface area contributed by atoms with Gasteiger partial charge >= 0.3 is 0 Å². The molecule has 31 heavy (non-hydrogen) atoms. The number of ether oxygens (including phenoxy) is 3. The molecule has 3 aromatic rings. The summed E-state index contributed by atoms with van der Waals surface area (Å²) in [6.07, 6.45) is 3.42. The molecule has 0 bridgehead atoms. The summed E-state index contributed by atoms with van der Waals surface area (Å²) < 4.78 is 15.8. The maximum atomic E-state index is 12.9. The first kappa shape index (κ1) is 21.6. The third kappa shape index (κ3) is 6.20. The average Bonchev–Trinajstić information content (AvgIpc) is 2.82. The van der Waals surface area contributed by atoms with E-state index in [9.17, 15) is 4.79 Å². The zero-order valence-electron chi connectivity index (χ0n) is 17.6. The van der Waals surface area contributed by atoms with Gasteiger partial charge in [-0.2, -0.15) is 0 Å². The lowest BCUT2D eigenvalue weighted by atomic mass is 10.2. The Balaban J connectivity index is 1.85. The van der Waals surface area contributed by atoms with E-state index in [0.717, 1.165) is 5.56 Å². The number of anilines is 1. The van der Waals surface area contributed by atoms with Crippen LogP contribution in [0.3, 0.4) is 0 Å². The highest BCUT2D eigenvalue weighted by Crippen LogP contribution is 2.22. The second-order valence-electron chi connectivity index (χ2n) is 6.44. The molecule has 0 aliphatic rings. The molecule has 1 heterocycles. The number of hydrogen-bond acceptors (Lipinski definition) is 6. The van der Waals surface area contributed by atoms with Crippen molar-refractivity contribution in [2.75, 3.05) is 26.6 Å². The predicted octanol–water partition coefficient (Wildman–Crippen LogP) is 3.51. The number of methoxy groups -OCH3 is 3. The van der Waals surface area contributed by atoms with Crippen LogP contribution in [0.15, 0.2) is 72.0 Å². The molecule has 0 radical (unpaired) electrons. The van der Waals surface area contributed by atoms with E-state index in [2.05, 4.69) is 20.6 Å². The topological polar surface area (TPSA) is 94.1 Å². The Morgan fingerprint density at radius 2 is 1.68 bits per heavy atom. The maximum Gasteiger partial charge on any atom is 0.258 e. The molecule has 1 amide bonds. The minimum Gasteiger partial charge on any atom is -0.497 e. The van der Waals surface area contributed by atoms with Gasteiger partial charge in [-0.25, -0.2) is 4.99 Å². The van der Waals surface area contributed by atoms with Crippen molar-refractivity contribution in [3.05, 3.63) is 78.1 Å². The van der Waals surface area contributed by atoms with Gasteiger partial charge in [-0.15, -0.1) is 0 Å². The van der Waals surface area contributed by atoms with E-state index in [0.29, 0.717) is 35.0 Å². The Labute approximate surface area is 180 Å². The van der Waals surface area contributed by atoms with Crippen LogP contribution in [0.4, 0.5) is 5.69 Å². The molecule has 0 fully saturated rings. The van der Waals surface area contributed by atoms with Crippen molar-refractivity contribution < 1.29 is 19.0 Å². The lowest BCUT2D eigenvalue weighted by Crippen LogP contribution is -2.36. The SMILES string of the molecule is COc1cccc(NC(=NCc2cccnc2)NC(=O)c2cc(OC)cc(OC)c2)c1. The van der Waals surface area contributed by atoms with Crippen LogP contribution >= 0.6 is 0 Å². The van der Waals surface area contributed by atoms with Crippen LogP contribution in [0.25, 0.3) is 0 Å². The number of guanidine groups is 1. The van der Waals surface area contributed by atoms with Gasteiger partial charge in [0.25, 0.3) is 5.91 Å². The van der Waals surface area contributed by atoms with Gasteiger partial charge < -0.3 is 19.5 Å². The monoisotopic (exact) mass is 420 g/mol. The molecule has 0 spiro atoms. The Morgan fingerprint density at radius 3 is 2.32 bits per heavy atom. The molecule has 1 aromatic heterocycles. The molecule has 0 saturated carbocycles. The van der Waals surface area contributed by atoms with Crippen molar-refractivity contribution in [2.45, 2.75) is 6.54 Å². The van der Waals surface area contributed by atoms with Crippen LogP contribution in [-0.2, 0) is 6.54 Å². The standard InChI is InChI=1S/C23H24N4O4/c1-29-19-8-4-7-18(12-19)26-23(25-15-16-6-5-9-24-14-16)27-22(28)17-10-20(30-2)13-21(11-17)31-3/h4-14H,15H2,1-3H3,(H2,25,26,27,28). The van der Waals surface area contributed by atoms with Gasteiger partial charge in [0.2, 0.25) is 5.96 Å². The number of hydrogen-bond donors (Lipinski definition) is 2. The number of carbonyl (C=O) groups is 1. The van der Waals surface area contributed by atoms with Crippen LogP contribution in [0.2, 0.25) is 0 Å². The minimum absolute atomic E-state index is 0.281. The number of aliphatic imine (C=N–C) groups is 1. The molecule has 3 rings (SSSR count). The quantitative estimate of drug-likeness (QED) is 0.449. The number of benzene rings is 2. The molecular weight excluding hydrogens is 396 g/mol. The Bertz CT molecular complexity index is 1030. The highest BCUT2D eigenvalue weighted by Gasteiger charge is 2.13. The summed E-state index contributed by atoms with van der Waals surface area (Å²) >= 11 is 0. The van der Waals surface area contributed by atoms with Crippen molar-refractivity contribution in [3.63, 3.8) is 0 Å². The van der Waals surface area contributed by atoms with Gasteiger partial charge in [-0.3, -0.25) is 15.1 Å².